The van der Waals surface area contributed by atoms with Gasteiger partial charge in [0.2, 0.25) is 0 Å². The smallest absolute Gasteiger partial charge is 0.197 e. The fourth-order valence-electron chi connectivity index (χ4n) is 1.51. The van der Waals surface area contributed by atoms with E-state index in [0.29, 0.717) is 0 Å². The molecule has 0 N–H and O–H groups in total. The number of alkyl halides is 10. The van der Waals surface area contributed by atoms with Crippen LogP contribution in [0.15, 0.2) is 30.3 Å². The van der Waals surface area contributed by atoms with Gasteiger partial charge in [-0.2, -0.15) is 39.5 Å². The summed E-state index contributed by atoms with van der Waals surface area (Å²) in [5.41, 5.74) is -0.848. The molecule has 0 aromatic heterocycles. The van der Waals surface area contributed by atoms with Gasteiger partial charge in [-0.25, -0.2) is 0 Å². The van der Waals surface area contributed by atoms with Crippen LogP contribution in [0.3, 0.4) is 0 Å². The number of rotatable bonds is 4. The van der Waals surface area contributed by atoms with Crippen LogP contribution in [-0.2, 0) is 4.87 Å². The largest absolute Gasteiger partial charge is 0.460 e. The maximum atomic E-state index is 13.8. The van der Waals surface area contributed by atoms with Crippen molar-refractivity contribution >= 4 is 11.6 Å². The van der Waals surface area contributed by atoms with E-state index in [0.717, 1.165) is 24.3 Å². The third-order valence-electron chi connectivity index (χ3n) is 2.87. The highest BCUT2D eigenvalue weighted by Crippen LogP contribution is 2.59. The van der Waals surface area contributed by atoms with Gasteiger partial charge in [0, 0.05) is 0 Å². The number of benzene rings is 1. The predicted molar refractivity (Wildman–Crippen MR) is 60.2 cm³/mol. The molecular formula is C12H7ClF9. The molecule has 0 saturated heterocycles. The molecule has 0 aliphatic heterocycles. The summed E-state index contributed by atoms with van der Waals surface area (Å²) >= 11 is 5.15. The van der Waals surface area contributed by atoms with Crippen molar-refractivity contribution in [1.82, 2.24) is 0 Å². The summed E-state index contributed by atoms with van der Waals surface area (Å²) in [6, 6.07) is 4.85. The van der Waals surface area contributed by atoms with Gasteiger partial charge in [0.25, 0.3) is 0 Å². The van der Waals surface area contributed by atoms with Crippen molar-refractivity contribution in [2.45, 2.75) is 28.8 Å². The molecule has 0 spiro atoms. The van der Waals surface area contributed by atoms with E-state index < -0.39 is 34.4 Å². The average molecular weight is 358 g/mol. The highest BCUT2D eigenvalue weighted by molar-refractivity contribution is 6.25. The number of hydrogen-bond acceptors (Lipinski definition) is 0. The SMILES string of the molecule is [CH2]C(Cl)(c1ccccc1)C(F)(F)C(F)(F)C(F)(F)C(F)(F)F. The van der Waals surface area contributed by atoms with Crippen molar-refractivity contribution in [3.05, 3.63) is 42.8 Å². The van der Waals surface area contributed by atoms with Gasteiger partial charge in [0.1, 0.15) is 4.87 Å². The number of hydrogen-bond donors (Lipinski definition) is 0. The Kier molecular flexibility index (Phi) is 4.48. The summed E-state index contributed by atoms with van der Waals surface area (Å²) in [6.45, 7) is 2.51. The van der Waals surface area contributed by atoms with Crippen LogP contribution in [0.2, 0.25) is 0 Å². The second-order valence-corrected chi connectivity index (χ2v) is 5.03. The first kappa shape index (κ1) is 18.9. The fourth-order valence-corrected chi connectivity index (χ4v) is 1.75. The Morgan fingerprint density at radius 1 is 0.682 bits per heavy atom. The molecule has 0 fully saturated rings. The summed E-state index contributed by atoms with van der Waals surface area (Å²) in [7, 11) is 0. The quantitative estimate of drug-likeness (QED) is 0.498. The third kappa shape index (κ3) is 2.53. The molecule has 0 saturated carbocycles. The molecule has 0 bridgehead atoms. The molecule has 1 atom stereocenters. The Morgan fingerprint density at radius 3 is 1.45 bits per heavy atom. The van der Waals surface area contributed by atoms with Crippen molar-refractivity contribution in [2.75, 3.05) is 0 Å². The Labute approximate surface area is 123 Å². The van der Waals surface area contributed by atoms with Gasteiger partial charge in [0.05, 0.1) is 0 Å². The van der Waals surface area contributed by atoms with E-state index in [2.05, 4.69) is 6.92 Å². The lowest BCUT2D eigenvalue weighted by Gasteiger charge is -2.40. The fraction of sp³-hybridized carbons (Fsp3) is 0.417. The standard InChI is InChI=1S/C12H7ClF9/c1-8(13,7-5-3-2-4-6-7)9(14,15)10(16,17)11(18,19)12(20,21)22/h2-6H,1H2. The minimum Gasteiger partial charge on any atom is -0.197 e. The van der Waals surface area contributed by atoms with Gasteiger partial charge in [-0.15, -0.1) is 11.6 Å². The molecule has 0 aliphatic carbocycles. The molecule has 10 heteroatoms. The molecule has 0 heterocycles. The summed E-state index contributed by atoms with van der Waals surface area (Å²) in [5.74, 6) is -19.8. The van der Waals surface area contributed by atoms with E-state index in [4.69, 9.17) is 11.6 Å². The number of halogens is 10. The summed E-state index contributed by atoms with van der Waals surface area (Å²) in [4.78, 5) is -3.74. The minimum absolute atomic E-state index is 0.746. The van der Waals surface area contributed by atoms with Gasteiger partial charge < -0.3 is 0 Å². The van der Waals surface area contributed by atoms with Crippen molar-refractivity contribution in [3.63, 3.8) is 0 Å². The summed E-state index contributed by atoms with van der Waals surface area (Å²) in [6.07, 6.45) is -6.90. The molecule has 0 aliphatic rings. The van der Waals surface area contributed by atoms with Crippen LogP contribution in [0, 0.1) is 6.92 Å². The molecule has 125 valence electrons. The minimum atomic E-state index is -7.00. The summed E-state index contributed by atoms with van der Waals surface area (Å²) < 4.78 is 116. The Bertz CT molecular complexity index is 519. The maximum absolute atomic E-state index is 13.8. The Hall–Kier alpha value is -1.12. The van der Waals surface area contributed by atoms with Crippen molar-refractivity contribution in [2.24, 2.45) is 0 Å². The molecule has 22 heavy (non-hydrogen) atoms. The topological polar surface area (TPSA) is 0 Å². The molecule has 1 aromatic rings. The molecule has 1 unspecified atom stereocenters. The van der Waals surface area contributed by atoms with E-state index in [1.54, 1.807) is 0 Å². The first-order valence-corrected chi connectivity index (χ1v) is 5.78. The second kappa shape index (κ2) is 5.21. The van der Waals surface area contributed by atoms with Crippen LogP contribution in [0.5, 0.6) is 0 Å². The lowest BCUT2D eigenvalue weighted by Crippen LogP contribution is -2.65. The predicted octanol–water partition coefficient (Wildman–Crippen LogP) is 5.42. The second-order valence-electron chi connectivity index (χ2n) is 4.39. The first-order chi connectivity index (χ1) is 9.61. The van der Waals surface area contributed by atoms with Crippen molar-refractivity contribution < 1.29 is 39.5 Å². The van der Waals surface area contributed by atoms with Crippen LogP contribution in [0.4, 0.5) is 39.5 Å². The van der Waals surface area contributed by atoms with Gasteiger partial charge in [0.15, 0.2) is 0 Å². The first-order valence-electron chi connectivity index (χ1n) is 5.40. The maximum Gasteiger partial charge on any atom is 0.460 e. The molecule has 1 aromatic carbocycles. The van der Waals surface area contributed by atoms with Crippen LogP contribution in [-0.4, -0.2) is 23.9 Å². The van der Waals surface area contributed by atoms with Gasteiger partial charge >= 0.3 is 23.9 Å². The molecule has 1 radical (unpaired) electrons. The van der Waals surface area contributed by atoms with E-state index in [-0.39, 0.29) is 0 Å². The zero-order valence-corrected chi connectivity index (χ0v) is 11.1. The highest BCUT2D eigenvalue weighted by atomic mass is 35.5. The van der Waals surface area contributed by atoms with Gasteiger partial charge in [-0.1, -0.05) is 30.3 Å². The Balaban J connectivity index is 3.45. The van der Waals surface area contributed by atoms with Crippen LogP contribution >= 0.6 is 11.6 Å². The van der Waals surface area contributed by atoms with E-state index in [1.165, 1.54) is 6.07 Å². The van der Waals surface area contributed by atoms with Gasteiger partial charge in [-0.05, 0) is 12.5 Å². The zero-order valence-electron chi connectivity index (χ0n) is 10.4. The lowest BCUT2D eigenvalue weighted by molar-refractivity contribution is -0.399. The van der Waals surface area contributed by atoms with E-state index >= 15 is 0 Å². The van der Waals surface area contributed by atoms with Crippen molar-refractivity contribution in [1.29, 1.82) is 0 Å². The molecule has 0 nitrogen and oxygen atoms in total. The monoisotopic (exact) mass is 357 g/mol. The van der Waals surface area contributed by atoms with Gasteiger partial charge in [-0.3, -0.25) is 0 Å². The molecule has 1 rings (SSSR count). The molecule has 0 amide bonds. The summed E-state index contributed by atoms with van der Waals surface area (Å²) in [5, 5.41) is 0. The highest BCUT2D eigenvalue weighted by Gasteiger charge is 2.85. The molecular weight excluding hydrogens is 351 g/mol. The van der Waals surface area contributed by atoms with Crippen LogP contribution in [0.1, 0.15) is 5.56 Å². The van der Waals surface area contributed by atoms with Crippen molar-refractivity contribution in [3.8, 4) is 0 Å². The zero-order chi connectivity index (χ0) is 17.6. The normalized spacial score (nSPS) is 17.2. The average Bonchev–Trinajstić information content (AvgIpc) is 2.37. The van der Waals surface area contributed by atoms with Crippen LogP contribution < -0.4 is 0 Å². The van der Waals surface area contributed by atoms with E-state index in [9.17, 15) is 39.5 Å². The Morgan fingerprint density at radius 2 is 1.09 bits per heavy atom. The van der Waals surface area contributed by atoms with E-state index in [1.807, 2.05) is 0 Å². The lowest BCUT2D eigenvalue weighted by atomic mass is 9.86. The third-order valence-corrected chi connectivity index (χ3v) is 3.33. The van der Waals surface area contributed by atoms with Crippen LogP contribution in [0.25, 0.3) is 0 Å².